The number of hydrogen-bond donors (Lipinski definition) is 1. The smallest absolute Gasteiger partial charge is 0.240 e. The number of methoxy groups -OCH3 is 1. The number of hydrogen-bond acceptors (Lipinski definition) is 4. The van der Waals surface area contributed by atoms with E-state index in [2.05, 4.69) is 4.72 Å². The van der Waals surface area contributed by atoms with E-state index in [-0.39, 0.29) is 4.90 Å². The molecule has 0 aliphatic rings. The average Bonchev–Trinajstić information content (AvgIpc) is 2.40. The van der Waals surface area contributed by atoms with Crippen molar-refractivity contribution in [2.75, 3.05) is 26.9 Å². The number of nitrogens with one attached hydrogen (secondary N) is 1. The van der Waals surface area contributed by atoms with Crippen LogP contribution in [0, 0.1) is 0 Å². The summed E-state index contributed by atoms with van der Waals surface area (Å²) in [5.41, 5.74) is 0. The van der Waals surface area contributed by atoms with Crippen molar-refractivity contribution >= 4 is 10.0 Å². The number of ether oxygens (including phenoxy) is 2. The molecule has 0 bridgehead atoms. The summed E-state index contributed by atoms with van der Waals surface area (Å²) in [5.74, 6) is 0.629. The van der Waals surface area contributed by atoms with Crippen molar-refractivity contribution in [2.45, 2.75) is 24.7 Å². The van der Waals surface area contributed by atoms with Gasteiger partial charge in [0.05, 0.1) is 11.5 Å². The van der Waals surface area contributed by atoms with E-state index in [1.807, 2.05) is 6.92 Å². The number of rotatable bonds is 9. The van der Waals surface area contributed by atoms with Gasteiger partial charge in [0.1, 0.15) is 12.4 Å². The van der Waals surface area contributed by atoms with Crippen molar-refractivity contribution in [3.05, 3.63) is 24.3 Å². The van der Waals surface area contributed by atoms with Gasteiger partial charge in [-0.3, -0.25) is 0 Å². The lowest BCUT2D eigenvalue weighted by Crippen LogP contribution is -2.24. The molecule has 1 aromatic rings. The predicted octanol–water partition coefficient (Wildman–Crippen LogP) is 1.79. The maximum absolute atomic E-state index is 11.9. The van der Waals surface area contributed by atoms with Crippen LogP contribution in [-0.4, -0.2) is 35.3 Å². The van der Waals surface area contributed by atoms with Crippen molar-refractivity contribution in [3.63, 3.8) is 0 Å². The van der Waals surface area contributed by atoms with Crippen LogP contribution in [0.3, 0.4) is 0 Å². The summed E-state index contributed by atoms with van der Waals surface area (Å²) in [6.07, 6.45) is 1.78. The van der Waals surface area contributed by atoms with Gasteiger partial charge in [-0.15, -0.1) is 0 Å². The molecule has 6 heteroatoms. The minimum atomic E-state index is -3.40. The largest absolute Gasteiger partial charge is 0.491 e. The maximum atomic E-state index is 11.9. The van der Waals surface area contributed by atoms with E-state index in [1.54, 1.807) is 19.2 Å². The summed E-state index contributed by atoms with van der Waals surface area (Å²) in [5, 5.41) is 0. The Morgan fingerprint density at radius 1 is 1.16 bits per heavy atom. The molecule has 1 N–H and O–H groups in total. The molecule has 0 amide bonds. The lowest BCUT2D eigenvalue weighted by Gasteiger charge is -2.08. The van der Waals surface area contributed by atoms with Crippen molar-refractivity contribution in [3.8, 4) is 5.75 Å². The van der Waals surface area contributed by atoms with Crippen LogP contribution >= 0.6 is 0 Å². The van der Waals surface area contributed by atoms with Gasteiger partial charge in [0.25, 0.3) is 0 Å². The quantitative estimate of drug-likeness (QED) is 0.703. The number of unbranched alkanes of at least 4 members (excludes halogenated alkanes) is 1. The summed E-state index contributed by atoms with van der Waals surface area (Å²) in [6, 6.07) is 6.36. The molecule has 0 atom stereocenters. The molecule has 0 aromatic heterocycles. The zero-order valence-corrected chi connectivity index (χ0v) is 12.2. The van der Waals surface area contributed by atoms with Gasteiger partial charge < -0.3 is 9.47 Å². The van der Waals surface area contributed by atoms with Crippen LogP contribution in [0.2, 0.25) is 0 Å². The number of benzene rings is 1. The van der Waals surface area contributed by atoms with Crippen LogP contribution in [0.15, 0.2) is 29.2 Å². The third-order valence-electron chi connectivity index (χ3n) is 2.51. The van der Waals surface area contributed by atoms with E-state index in [4.69, 9.17) is 9.47 Å². The van der Waals surface area contributed by atoms with Crippen LogP contribution in [0.4, 0.5) is 0 Å². The monoisotopic (exact) mass is 287 g/mol. The first-order valence-electron chi connectivity index (χ1n) is 6.31. The highest BCUT2D eigenvalue weighted by molar-refractivity contribution is 7.89. The summed E-state index contributed by atoms with van der Waals surface area (Å²) in [6.45, 7) is 3.42. The maximum Gasteiger partial charge on any atom is 0.240 e. The SMILES string of the molecule is CCCCNS(=O)(=O)c1ccc(OCCOC)cc1. The van der Waals surface area contributed by atoms with E-state index < -0.39 is 10.0 Å². The Morgan fingerprint density at radius 3 is 2.42 bits per heavy atom. The van der Waals surface area contributed by atoms with Gasteiger partial charge in [0, 0.05) is 13.7 Å². The van der Waals surface area contributed by atoms with Crippen LogP contribution in [0.25, 0.3) is 0 Å². The van der Waals surface area contributed by atoms with Crippen LogP contribution in [0.5, 0.6) is 5.75 Å². The third kappa shape index (κ3) is 5.59. The molecule has 108 valence electrons. The van der Waals surface area contributed by atoms with Gasteiger partial charge in [-0.25, -0.2) is 13.1 Å². The summed E-state index contributed by atoms with van der Waals surface area (Å²) >= 11 is 0. The molecular formula is C13H21NO4S. The van der Waals surface area contributed by atoms with Crippen LogP contribution in [0.1, 0.15) is 19.8 Å². The first kappa shape index (κ1) is 15.9. The fraction of sp³-hybridized carbons (Fsp3) is 0.538. The molecule has 0 radical (unpaired) electrons. The second kappa shape index (κ2) is 8.14. The van der Waals surface area contributed by atoms with Crippen molar-refractivity contribution < 1.29 is 17.9 Å². The molecular weight excluding hydrogens is 266 g/mol. The highest BCUT2D eigenvalue weighted by Gasteiger charge is 2.12. The highest BCUT2D eigenvalue weighted by Crippen LogP contribution is 2.15. The summed E-state index contributed by atoms with van der Waals surface area (Å²) < 4.78 is 36.6. The van der Waals surface area contributed by atoms with E-state index in [9.17, 15) is 8.42 Å². The average molecular weight is 287 g/mol. The fourth-order valence-corrected chi connectivity index (χ4v) is 2.50. The molecule has 0 aliphatic heterocycles. The Hall–Kier alpha value is -1.11. The Morgan fingerprint density at radius 2 is 1.84 bits per heavy atom. The van der Waals surface area contributed by atoms with Gasteiger partial charge in [-0.1, -0.05) is 13.3 Å². The summed E-state index contributed by atoms with van der Waals surface area (Å²) in [7, 11) is -1.81. The molecule has 1 rings (SSSR count). The van der Waals surface area contributed by atoms with Crippen LogP contribution in [-0.2, 0) is 14.8 Å². The second-order valence-electron chi connectivity index (χ2n) is 4.06. The van der Waals surface area contributed by atoms with Crippen molar-refractivity contribution in [2.24, 2.45) is 0 Å². The minimum absolute atomic E-state index is 0.252. The van der Waals surface area contributed by atoms with E-state index in [1.165, 1.54) is 12.1 Å². The highest BCUT2D eigenvalue weighted by atomic mass is 32.2. The molecule has 1 aromatic carbocycles. The lowest BCUT2D eigenvalue weighted by molar-refractivity contribution is 0.146. The van der Waals surface area contributed by atoms with Gasteiger partial charge in [0.2, 0.25) is 10.0 Å². The first-order valence-corrected chi connectivity index (χ1v) is 7.80. The summed E-state index contributed by atoms with van der Waals surface area (Å²) in [4.78, 5) is 0.252. The van der Waals surface area contributed by atoms with Crippen LogP contribution < -0.4 is 9.46 Å². The number of sulfonamides is 1. The van der Waals surface area contributed by atoms with Gasteiger partial charge in [-0.2, -0.15) is 0 Å². The molecule has 0 heterocycles. The van der Waals surface area contributed by atoms with Gasteiger partial charge in [0.15, 0.2) is 0 Å². The van der Waals surface area contributed by atoms with E-state index in [0.29, 0.717) is 25.5 Å². The molecule has 19 heavy (non-hydrogen) atoms. The molecule has 0 fully saturated rings. The molecule has 0 unspecified atom stereocenters. The molecule has 0 saturated carbocycles. The minimum Gasteiger partial charge on any atom is -0.491 e. The van der Waals surface area contributed by atoms with Gasteiger partial charge in [-0.05, 0) is 30.7 Å². The van der Waals surface area contributed by atoms with Gasteiger partial charge >= 0.3 is 0 Å². The van der Waals surface area contributed by atoms with E-state index >= 15 is 0 Å². The standard InChI is InChI=1S/C13H21NO4S/c1-3-4-9-14-19(15,16)13-7-5-12(6-8-13)18-11-10-17-2/h5-8,14H,3-4,9-11H2,1-2H3. The fourth-order valence-electron chi connectivity index (χ4n) is 1.42. The van der Waals surface area contributed by atoms with Crippen molar-refractivity contribution in [1.29, 1.82) is 0 Å². The zero-order valence-electron chi connectivity index (χ0n) is 11.4. The molecule has 0 aliphatic carbocycles. The zero-order chi connectivity index (χ0) is 14.1. The molecule has 0 spiro atoms. The Bertz CT molecular complexity index is 456. The molecule has 5 nitrogen and oxygen atoms in total. The normalized spacial score (nSPS) is 11.5. The van der Waals surface area contributed by atoms with E-state index in [0.717, 1.165) is 12.8 Å². The Kier molecular flexibility index (Phi) is 6.83. The predicted molar refractivity (Wildman–Crippen MR) is 73.9 cm³/mol. The first-order chi connectivity index (χ1) is 9.10. The Labute approximate surface area is 115 Å². The lowest BCUT2D eigenvalue weighted by atomic mass is 10.3. The third-order valence-corrected chi connectivity index (χ3v) is 3.99. The Balaban J connectivity index is 2.59. The van der Waals surface area contributed by atoms with Crippen molar-refractivity contribution in [1.82, 2.24) is 4.72 Å². The second-order valence-corrected chi connectivity index (χ2v) is 5.83. The molecule has 0 saturated heterocycles. The topological polar surface area (TPSA) is 64.6 Å².